The number of alkyl halides is 4. The molecule has 3 atom stereocenters. The Bertz CT molecular complexity index is 756. The van der Waals surface area contributed by atoms with Crippen molar-refractivity contribution in [2.24, 2.45) is 11.7 Å². The normalized spacial score (nSPS) is 13.5. The Morgan fingerprint density at radius 2 is 1.51 bits per heavy atom. The van der Waals surface area contributed by atoms with E-state index in [4.69, 9.17) is 10.5 Å². The lowest BCUT2D eigenvalue weighted by Gasteiger charge is -2.22. The Morgan fingerprint density at radius 3 is 2.00 bits per heavy atom. The van der Waals surface area contributed by atoms with Gasteiger partial charge in [0.15, 0.2) is 6.04 Å². The fraction of sp³-hybridized carbons (Fsp3) is 0.591. The quantitative estimate of drug-likeness (QED) is 0.274. The molecule has 35 heavy (non-hydrogen) atoms. The van der Waals surface area contributed by atoms with E-state index in [1.807, 2.05) is 13.8 Å². The van der Waals surface area contributed by atoms with E-state index in [1.54, 1.807) is 30.3 Å². The fourth-order valence-electron chi connectivity index (χ4n) is 2.46. The molecule has 1 aromatic carbocycles. The number of benzene rings is 1. The van der Waals surface area contributed by atoms with E-state index in [0.29, 0.717) is 12.0 Å². The first kappa shape index (κ1) is 32.2. The van der Waals surface area contributed by atoms with E-state index in [2.05, 4.69) is 20.1 Å². The smallest absolute Gasteiger partial charge is 0.345 e. The van der Waals surface area contributed by atoms with Crippen LogP contribution in [0.15, 0.2) is 30.3 Å². The molecule has 0 aliphatic carbocycles. The van der Waals surface area contributed by atoms with Crippen molar-refractivity contribution < 1.29 is 46.2 Å². The predicted molar refractivity (Wildman–Crippen MR) is 118 cm³/mol. The van der Waals surface area contributed by atoms with Crippen LogP contribution in [-0.4, -0.2) is 62.8 Å². The van der Waals surface area contributed by atoms with Crippen LogP contribution >= 0.6 is 0 Å². The minimum absolute atomic E-state index is 0.100. The number of hydrogen-bond acceptors (Lipinski definition) is 7. The molecule has 0 saturated heterocycles. The highest BCUT2D eigenvalue weighted by molar-refractivity contribution is 5.91. The van der Waals surface area contributed by atoms with E-state index in [-0.39, 0.29) is 12.5 Å². The van der Waals surface area contributed by atoms with E-state index < -0.39 is 55.7 Å². The topological polar surface area (TPSA) is 129 Å². The van der Waals surface area contributed by atoms with Gasteiger partial charge in [0, 0.05) is 7.11 Å². The number of esters is 1. The summed E-state index contributed by atoms with van der Waals surface area (Å²) < 4.78 is 58.6. The summed E-state index contributed by atoms with van der Waals surface area (Å²) in [5.74, 6) is -2.05. The lowest BCUT2D eigenvalue weighted by Crippen LogP contribution is -2.54. The summed E-state index contributed by atoms with van der Waals surface area (Å²) in [4.78, 5) is 36.7. The van der Waals surface area contributed by atoms with E-state index in [9.17, 15) is 31.9 Å². The molecule has 0 aliphatic rings. The number of nitrogens with one attached hydrogen (secondary N) is 2. The molecule has 2 amide bonds. The molecule has 0 bridgehead atoms. The zero-order chi connectivity index (χ0) is 27.0. The number of carbonyl (C=O) groups is 3. The highest BCUT2D eigenvalue weighted by Gasteiger charge is 2.28. The van der Waals surface area contributed by atoms with E-state index in [0.717, 1.165) is 7.11 Å². The van der Waals surface area contributed by atoms with Crippen LogP contribution in [0.25, 0.3) is 0 Å². The second-order valence-corrected chi connectivity index (χ2v) is 7.71. The SMILES string of the molecule is CC(C)C[C@H](N)C(=O)NC(C)C(=O)N[C@@H](COC(F)F)C(=O)OCc1ccccc1.COC(F)F. The van der Waals surface area contributed by atoms with Crippen molar-refractivity contribution in [3.8, 4) is 0 Å². The Balaban J connectivity index is 0.00000209. The Labute approximate surface area is 201 Å². The summed E-state index contributed by atoms with van der Waals surface area (Å²) in [6, 6.07) is 5.39. The molecule has 1 aromatic rings. The molecule has 0 aliphatic heterocycles. The zero-order valence-electron chi connectivity index (χ0n) is 20.0. The average Bonchev–Trinajstić information content (AvgIpc) is 2.80. The molecule has 200 valence electrons. The largest absolute Gasteiger partial charge is 0.459 e. The Morgan fingerprint density at radius 1 is 0.943 bits per heavy atom. The number of methoxy groups -OCH3 is 1. The first-order valence-corrected chi connectivity index (χ1v) is 10.6. The van der Waals surface area contributed by atoms with E-state index >= 15 is 0 Å². The first-order valence-electron chi connectivity index (χ1n) is 10.6. The van der Waals surface area contributed by atoms with Crippen molar-refractivity contribution in [1.29, 1.82) is 0 Å². The molecular weight excluding hydrogens is 478 g/mol. The Kier molecular flexibility index (Phi) is 16.2. The molecule has 0 saturated carbocycles. The van der Waals surface area contributed by atoms with Gasteiger partial charge in [-0.25, -0.2) is 4.79 Å². The van der Waals surface area contributed by atoms with Gasteiger partial charge in [-0.2, -0.15) is 17.6 Å². The van der Waals surface area contributed by atoms with Gasteiger partial charge in [0.1, 0.15) is 12.6 Å². The zero-order valence-corrected chi connectivity index (χ0v) is 20.0. The third-order valence-corrected chi connectivity index (χ3v) is 4.21. The summed E-state index contributed by atoms with van der Waals surface area (Å²) in [5.41, 5.74) is 6.46. The molecule has 1 rings (SSSR count). The summed E-state index contributed by atoms with van der Waals surface area (Å²) in [6.07, 6.45) is 0.427. The van der Waals surface area contributed by atoms with Gasteiger partial charge >= 0.3 is 19.2 Å². The number of amides is 2. The van der Waals surface area contributed by atoms with Crippen LogP contribution in [0.2, 0.25) is 0 Å². The molecule has 13 heteroatoms. The third-order valence-electron chi connectivity index (χ3n) is 4.21. The highest BCUT2D eigenvalue weighted by Crippen LogP contribution is 2.05. The number of nitrogens with two attached hydrogens (primary N) is 1. The maximum Gasteiger partial charge on any atom is 0.345 e. The summed E-state index contributed by atoms with van der Waals surface area (Å²) in [5, 5.41) is 4.70. The van der Waals surface area contributed by atoms with Crippen molar-refractivity contribution in [2.75, 3.05) is 13.7 Å². The number of rotatable bonds is 13. The second-order valence-electron chi connectivity index (χ2n) is 7.71. The molecule has 0 radical (unpaired) electrons. The number of hydrogen-bond donors (Lipinski definition) is 3. The van der Waals surface area contributed by atoms with Crippen molar-refractivity contribution in [3.05, 3.63) is 35.9 Å². The third kappa shape index (κ3) is 15.7. The van der Waals surface area contributed by atoms with Gasteiger partial charge in [-0.15, -0.1) is 0 Å². The molecule has 0 fully saturated rings. The fourth-order valence-corrected chi connectivity index (χ4v) is 2.46. The monoisotopic (exact) mass is 511 g/mol. The van der Waals surface area contributed by atoms with Gasteiger partial charge < -0.3 is 30.6 Å². The minimum atomic E-state index is -3.13. The molecule has 4 N–H and O–H groups in total. The van der Waals surface area contributed by atoms with Gasteiger partial charge in [0.2, 0.25) is 11.8 Å². The predicted octanol–water partition coefficient (Wildman–Crippen LogP) is 2.19. The van der Waals surface area contributed by atoms with Crippen molar-refractivity contribution in [1.82, 2.24) is 10.6 Å². The number of carbonyl (C=O) groups excluding carboxylic acids is 3. The molecular formula is C22H33F4N3O6. The molecule has 0 spiro atoms. The lowest BCUT2D eigenvalue weighted by atomic mass is 10.0. The molecule has 0 aromatic heterocycles. The van der Waals surface area contributed by atoms with Crippen molar-refractivity contribution in [3.63, 3.8) is 0 Å². The maximum absolute atomic E-state index is 12.4. The van der Waals surface area contributed by atoms with Crippen LogP contribution < -0.4 is 16.4 Å². The van der Waals surface area contributed by atoms with Crippen molar-refractivity contribution >= 4 is 17.8 Å². The van der Waals surface area contributed by atoms with Crippen molar-refractivity contribution in [2.45, 2.75) is 65.1 Å². The van der Waals surface area contributed by atoms with Gasteiger partial charge in [0.05, 0.1) is 12.6 Å². The van der Waals surface area contributed by atoms with E-state index in [1.165, 1.54) is 6.92 Å². The van der Waals surface area contributed by atoms with Gasteiger partial charge in [-0.05, 0) is 24.8 Å². The molecule has 9 nitrogen and oxygen atoms in total. The standard InChI is InChI=1S/C20H29F2N3O5.C2H4F2O/c1-12(2)9-15(23)18(27)24-13(3)17(26)25-16(11-30-20(21)22)19(28)29-10-14-7-5-4-6-8-14;1-5-2(3)4/h4-8,12-13,15-16,20H,9-11,23H2,1-3H3,(H,24,27)(H,25,26);2H,1H3/t13?,15-,16-;/m0./s1. The van der Waals surface area contributed by atoms with Crippen LogP contribution in [0.1, 0.15) is 32.8 Å². The van der Waals surface area contributed by atoms with Gasteiger partial charge in [-0.1, -0.05) is 44.2 Å². The van der Waals surface area contributed by atoms with Crippen LogP contribution in [0.3, 0.4) is 0 Å². The first-order chi connectivity index (χ1) is 16.4. The number of halogens is 4. The van der Waals surface area contributed by atoms with Crippen LogP contribution in [0, 0.1) is 5.92 Å². The van der Waals surface area contributed by atoms with Crippen LogP contribution in [0.5, 0.6) is 0 Å². The summed E-state index contributed by atoms with van der Waals surface area (Å²) in [6.45, 7) is -1.44. The van der Waals surface area contributed by atoms with Crippen LogP contribution in [0.4, 0.5) is 17.6 Å². The molecule has 1 unspecified atom stereocenters. The summed E-state index contributed by atoms with van der Waals surface area (Å²) in [7, 11) is 0.949. The summed E-state index contributed by atoms with van der Waals surface area (Å²) >= 11 is 0. The Hall–Kier alpha value is -2.77. The average molecular weight is 512 g/mol. The van der Waals surface area contributed by atoms with Gasteiger partial charge in [-0.3, -0.25) is 9.59 Å². The van der Waals surface area contributed by atoms with Gasteiger partial charge in [0.25, 0.3) is 0 Å². The second kappa shape index (κ2) is 17.6. The lowest BCUT2D eigenvalue weighted by molar-refractivity contribution is -0.161. The minimum Gasteiger partial charge on any atom is -0.459 e. The van der Waals surface area contributed by atoms with Crippen LogP contribution in [-0.2, 0) is 35.2 Å². The number of ether oxygens (including phenoxy) is 3. The molecule has 0 heterocycles. The highest BCUT2D eigenvalue weighted by atomic mass is 19.3. The maximum atomic E-state index is 12.4.